The highest BCUT2D eigenvalue weighted by atomic mass is 79.9. The molecule has 0 fully saturated rings. The van der Waals surface area contributed by atoms with Crippen molar-refractivity contribution >= 4 is 33.1 Å². The van der Waals surface area contributed by atoms with Crippen molar-refractivity contribution in [3.63, 3.8) is 0 Å². The van der Waals surface area contributed by atoms with E-state index in [2.05, 4.69) is 25.9 Å². The zero-order valence-corrected chi connectivity index (χ0v) is 13.5. The lowest BCUT2D eigenvalue weighted by atomic mass is 10.2. The summed E-state index contributed by atoms with van der Waals surface area (Å²) in [5.74, 6) is 0.574. The van der Waals surface area contributed by atoms with E-state index in [-0.39, 0.29) is 6.54 Å². The lowest BCUT2D eigenvalue weighted by Gasteiger charge is -2.15. The fraction of sp³-hybridized carbons (Fsp3) is 0.385. The molecule has 0 radical (unpaired) electrons. The number of H-pyrrole nitrogens is 1. The summed E-state index contributed by atoms with van der Waals surface area (Å²) in [6, 6.07) is 3.71. The fourth-order valence-electron chi connectivity index (χ4n) is 2.00. The van der Waals surface area contributed by atoms with E-state index >= 15 is 0 Å². The number of hydrogen-bond donors (Lipinski definition) is 2. The van der Waals surface area contributed by atoms with Crippen LogP contribution in [0.4, 0.5) is 4.79 Å². The van der Waals surface area contributed by atoms with Crippen LogP contribution in [-0.2, 0) is 16.0 Å². The standard InChI is InChI=1S/C13H16BrN3O4/c1-17(13(18)19)6-11-15-9-4-7(12(20-2)21-3)8(14)5-10(9)16-11/h4-5,12H,6H2,1-3H3,(H,15,16)(H,18,19). The topological polar surface area (TPSA) is 87.7 Å². The second-order valence-electron chi connectivity index (χ2n) is 4.52. The van der Waals surface area contributed by atoms with Crippen molar-refractivity contribution in [2.45, 2.75) is 12.8 Å². The molecule has 7 nitrogen and oxygen atoms in total. The Morgan fingerprint density at radius 2 is 2.14 bits per heavy atom. The molecule has 1 heterocycles. The quantitative estimate of drug-likeness (QED) is 0.803. The predicted molar refractivity (Wildman–Crippen MR) is 80.0 cm³/mol. The molecule has 0 aliphatic heterocycles. The first-order valence-corrected chi connectivity index (χ1v) is 6.93. The van der Waals surface area contributed by atoms with E-state index in [4.69, 9.17) is 14.6 Å². The number of benzene rings is 1. The number of ether oxygens (including phenoxy) is 2. The number of nitrogens with zero attached hydrogens (tertiary/aromatic N) is 2. The molecule has 2 aromatic rings. The molecule has 1 amide bonds. The fourth-order valence-corrected chi connectivity index (χ4v) is 2.52. The first-order valence-electron chi connectivity index (χ1n) is 6.14. The van der Waals surface area contributed by atoms with E-state index in [1.807, 2.05) is 12.1 Å². The highest BCUT2D eigenvalue weighted by molar-refractivity contribution is 9.10. The first-order chi connectivity index (χ1) is 9.96. The van der Waals surface area contributed by atoms with Crippen LogP contribution in [0.1, 0.15) is 17.7 Å². The summed E-state index contributed by atoms with van der Waals surface area (Å²) < 4.78 is 11.3. The van der Waals surface area contributed by atoms with Crippen molar-refractivity contribution in [2.24, 2.45) is 0 Å². The molecule has 0 aliphatic rings. The number of methoxy groups -OCH3 is 2. The van der Waals surface area contributed by atoms with E-state index in [9.17, 15) is 4.79 Å². The van der Waals surface area contributed by atoms with Gasteiger partial charge >= 0.3 is 6.09 Å². The second kappa shape index (κ2) is 6.42. The molecule has 8 heteroatoms. The van der Waals surface area contributed by atoms with Gasteiger partial charge in [-0.1, -0.05) is 15.9 Å². The maximum absolute atomic E-state index is 10.8. The molecule has 21 heavy (non-hydrogen) atoms. The van der Waals surface area contributed by atoms with Gasteiger partial charge in [0.05, 0.1) is 17.6 Å². The van der Waals surface area contributed by atoms with Gasteiger partial charge in [-0.3, -0.25) is 0 Å². The Morgan fingerprint density at radius 3 is 2.71 bits per heavy atom. The van der Waals surface area contributed by atoms with E-state index in [0.29, 0.717) is 5.82 Å². The Kier molecular flexibility index (Phi) is 4.81. The van der Waals surface area contributed by atoms with E-state index in [0.717, 1.165) is 26.0 Å². The number of aromatic amines is 1. The number of nitrogens with one attached hydrogen (secondary N) is 1. The number of halogens is 1. The zero-order valence-electron chi connectivity index (χ0n) is 11.9. The van der Waals surface area contributed by atoms with Crippen LogP contribution in [0.15, 0.2) is 16.6 Å². The summed E-state index contributed by atoms with van der Waals surface area (Å²) in [5.41, 5.74) is 2.36. The molecule has 0 spiro atoms. The molecular formula is C13H16BrN3O4. The van der Waals surface area contributed by atoms with Crippen LogP contribution in [-0.4, -0.2) is 47.3 Å². The van der Waals surface area contributed by atoms with Crippen molar-refractivity contribution in [1.29, 1.82) is 0 Å². The molecular weight excluding hydrogens is 342 g/mol. The summed E-state index contributed by atoms with van der Waals surface area (Å²) in [7, 11) is 4.61. The van der Waals surface area contributed by atoms with Crippen LogP contribution in [0.25, 0.3) is 11.0 Å². The second-order valence-corrected chi connectivity index (χ2v) is 5.37. The number of aromatic nitrogens is 2. The maximum atomic E-state index is 10.8. The van der Waals surface area contributed by atoms with E-state index < -0.39 is 12.4 Å². The molecule has 1 aromatic heterocycles. The molecule has 0 aliphatic carbocycles. The SMILES string of the molecule is COC(OC)c1cc2[nH]c(CN(C)C(=O)O)nc2cc1Br. The van der Waals surface area contributed by atoms with Gasteiger partial charge in [-0.15, -0.1) is 0 Å². The van der Waals surface area contributed by atoms with Crippen LogP contribution >= 0.6 is 15.9 Å². The minimum absolute atomic E-state index is 0.189. The normalized spacial score (nSPS) is 11.3. The Hall–Kier alpha value is -1.64. The van der Waals surface area contributed by atoms with Crippen molar-refractivity contribution < 1.29 is 19.4 Å². The Bertz CT molecular complexity index is 654. The zero-order chi connectivity index (χ0) is 15.6. The number of carboxylic acid groups (broad SMARTS) is 1. The molecule has 2 N–H and O–H groups in total. The first kappa shape index (κ1) is 15.7. The highest BCUT2D eigenvalue weighted by Crippen LogP contribution is 2.30. The summed E-state index contributed by atoms with van der Waals surface area (Å²) in [6.07, 6.45) is -1.49. The minimum Gasteiger partial charge on any atom is -0.465 e. The highest BCUT2D eigenvalue weighted by Gasteiger charge is 2.16. The Morgan fingerprint density at radius 1 is 1.48 bits per heavy atom. The van der Waals surface area contributed by atoms with Crippen LogP contribution in [0.5, 0.6) is 0 Å². The summed E-state index contributed by atoms with van der Waals surface area (Å²) in [4.78, 5) is 19.5. The van der Waals surface area contributed by atoms with Gasteiger partial charge in [0.15, 0.2) is 6.29 Å². The smallest absolute Gasteiger partial charge is 0.407 e. The Labute approximate surface area is 130 Å². The number of imidazole rings is 1. The average molecular weight is 358 g/mol. The van der Waals surface area contributed by atoms with Crippen LogP contribution in [0.3, 0.4) is 0 Å². The summed E-state index contributed by atoms with van der Waals surface area (Å²) >= 11 is 3.46. The van der Waals surface area contributed by atoms with Gasteiger partial charge in [-0.2, -0.15) is 0 Å². The number of fused-ring (bicyclic) bond motifs is 1. The van der Waals surface area contributed by atoms with Crippen LogP contribution < -0.4 is 0 Å². The molecule has 2 rings (SSSR count). The third-order valence-electron chi connectivity index (χ3n) is 3.04. The monoisotopic (exact) mass is 357 g/mol. The van der Waals surface area contributed by atoms with Crippen molar-refractivity contribution in [3.05, 3.63) is 28.0 Å². The third kappa shape index (κ3) is 3.34. The van der Waals surface area contributed by atoms with Crippen LogP contribution in [0.2, 0.25) is 0 Å². The van der Waals surface area contributed by atoms with Gasteiger partial charge in [0.1, 0.15) is 5.82 Å². The van der Waals surface area contributed by atoms with Gasteiger partial charge in [-0.05, 0) is 12.1 Å². The summed E-state index contributed by atoms with van der Waals surface area (Å²) in [6.45, 7) is 0.189. The number of amides is 1. The molecule has 0 saturated heterocycles. The van der Waals surface area contributed by atoms with Gasteiger partial charge in [0.25, 0.3) is 0 Å². The molecule has 1 aromatic carbocycles. The van der Waals surface area contributed by atoms with Crippen LogP contribution in [0, 0.1) is 0 Å². The lowest BCUT2D eigenvalue weighted by molar-refractivity contribution is -0.106. The molecule has 0 unspecified atom stereocenters. The maximum Gasteiger partial charge on any atom is 0.407 e. The number of hydrogen-bond acceptors (Lipinski definition) is 4. The largest absolute Gasteiger partial charge is 0.465 e. The molecule has 0 atom stereocenters. The number of carbonyl (C=O) groups is 1. The lowest BCUT2D eigenvalue weighted by Crippen LogP contribution is -2.24. The molecule has 0 bridgehead atoms. The average Bonchev–Trinajstić information content (AvgIpc) is 2.81. The number of rotatable bonds is 5. The van der Waals surface area contributed by atoms with E-state index in [1.165, 1.54) is 7.05 Å². The third-order valence-corrected chi connectivity index (χ3v) is 3.73. The Balaban J connectivity index is 2.37. The minimum atomic E-state index is -1.00. The summed E-state index contributed by atoms with van der Waals surface area (Å²) in [5, 5.41) is 8.89. The van der Waals surface area contributed by atoms with Crippen molar-refractivity contribution in [3.8, 4) is 0 Å². The van der Waals surface area contributed by atoms with Gasteiger partial charge in [-0.25, -0.2) is 9.78 Å². The van der Waals surface area contributed by atoms with Crippen molar-refractivity contribution in [1.82, 2.24) is 14.9 Å². The van der Waals surface area contributed by atoms with E-state index in [1.54, 1.807) is 14.2 Å². The van der Waals surface area contributed by atoms with Gasteiger partial charge in [0.2, 0.25) is 0 Å². The van der Waals surface area contributed by atoms with Gasteiger partial charge < -0.3 is 24.5 Å². The molecule has 114 valence electrons. The van der Waals surface area contributed by atoms with Crippen molar-refractivity contribution in [2.75, 3.05) is 21.3 Å². The van der Waals surface area contributed by atoms with Gasteiger partial charge in [0, 0.05) is 31.3 Å². The molecule has 0 saturated carbocycles. The predicted octanol–water partition coefficient (Wildman–Crippen LogP) is 2.73.